The zero-order valence-electron chi connectivity index (χ0n) is 22.7. The Morgan fingerprint density at radius 1 is 1.00 bits per heavy atom. The van der Waals surface area contributed by atoms with Gasteiger partial charge in [-0.25, -0.2) is 4.31 Å². The second kappa shape index (κ2) is 11.9. The van der Waals surface area contributed by atoms with Crippen molar-refractivity contribution in [2.24, 2.45) is 0 Å². The van der Waals surface area contributed by atoms with E-state index in [-0.39, 0.29) is 12.5 Å². The lowest BCUT2D eigenvalue weighted by Gasteiger charge is -2.34. The molecule has 0 bridgehead atoms. The van der Waals surface area contributed by atoms with Gasteiger partial charge in [0.25, 0.3) is 0 Å². The van der Waals surface area contributed by atoms with Gasteiger partial charge in [-0.15, -0.1) is 0 Å². The molecule has 0 fully saturated rings. The van der Waals surface area contributed by atoms with Gasteiger partial charge in [0.1, 0.15) is 12.6 Å². The van der Waals surface area contributed by atoms with Crippen LogP contribution in [-0.2, 0) is 26.2 Å². The summed E-state index contributed by atoms with van der Waals surface area (Å²) >= 11 is 0. The van der Waals surface area contributed by atoms with Gasteiger partial charge in [-0.05, 0) is 70.7 Å². The van der Waals surface area contributed by atoms with Crippen LogP contribution in [0.2, 0.25) is 0 Å². The zero-order chi connectivity index (χ0) is 27.3. The van der Waals surface area contributed by atoms with E-state index in [9.17, 15) is 18.0 Å². The largest absolute Gasteiger partial charge is 0.350 e. The van der Waals surface area contributed by atoms with Crippen LogP contribution in [0.4, 0.5) is 5.69 Å². The minimum Gasteiger partial charge on any atom is -0.350 e. The van der Waals surface area contributed by atoms with E-state index in [0.717, 1.165) is 25.3 Å². The normalized spacial score (nSPS) is 12.8. The van der Waals surface area contributed by atoms with E-state index >= 15 is 0 Å². The predicted octanol–water partition coefficient (Wildman–Crippen LogP) is 3.29. The molecule has 0 spiro atoms. The monoisotopic (exact) mass is 516 g/mol. The summed E-state index contributed by atoms with van der Waals surface area (Å²) in [4.78, 5) is 28.2. The summed E-state index contributed by atoms with van der Waals surface area (Å²) in [6.45, 7) is 10.8. The molecule has 36 heavy (non-hydrogen) atoms. The summed E-state index contributed by atoms with van der Waals surface area (Å²) in [5, 5.41) is 2.93. The van der Waals surface area contributed by atoms with Crippen molar-refractivity contribution < 1.29 is 18.0 Å². The number of nitrogens with one attached hydrogen (secondary N) is 1. The van der Waals surface area contributed by atoms with E-state index < -0.39 is 34.2 Å². The lowest BCUT2D eigenvalue weighted by atomic mass is 10.1. The van der Waals surface area contributed by atoms with Crippen LogP contribution in [0.25, 0.3) is 0 Å². The molecule has 2 aromatic carbocycles. The van der Waals surface area contributed by atoms with Gasteiger partial charge in [-0.3, -0.25) is 9.59 Å². The van der Waals surface area contributed by atoms with Gasteiger partial charge in [0, 0.05) is 26.2 Å². The molecule has 2 amide bonds. The Bertz CT molecular complexity index is 1160. The van der Waals surface area contributed by atoms with Crippen LogP contribution in [0.5, 0.6) is 0 Å². The van der Waals surface area contributed by atoms with Crippen LogP contribution in [-0.4, -0.2) is 68.2 Å². The van der Waals surface area contributed by atoms with E-state index in [2.05, 4.69) is 5.32 Å². The molecule has 2 rings (SSSR count). The number of rotatable bonds is 10. The van der Waals surface area contributed by atoms with E-state index in [1.165, 1.54) is 19.0 Å². The molecular formula is C27H40N4O4S. The van der Waals surface area contributed by atoms with Crippen LogP contribution in [0.3, 0.4) is 0 Å². The summed E-state index contributed by atoms with van der Waals surface area (Å²) in [5.74, 6) is -0.744. The quantitative estimate of drug-likeness (QED) is 0.525. The molecule has 2 aromatic rings. The van der Waals surface area contributed by atoms with Crippen LogP contribution in [0.1, 0.15) is 44.4 Å². The van der Waals surface area contributed by atoms with Crippen LogP contribution >= 0.6 is 0 Å². The molecule has 1 atom stereocenters. The number of carbonyl (C=O) groups excluding carboxylic acids is 2. The maximum Gasteiger partial charge on any atom is 0.304 e. The van der Waals surface area contributed by atoms with Gasteiger partial charge < -0.3 is 10.2 Å². The molecule has 198 valence electrons. The smallest absolute Gasteiger partial charge is 0.304 e. The molecule has 0 aliphatic rings. The van der Waals surface area contributed by atoms with Crippen molar-refractivity contribution in [2.75, 3.05) is 31.5 Å². The van der Waals surface area contributed by atoms with Crippen molar-refractivity contribution in [3.63, 3.8) is 0 Å². The van der Waals surface area contributed by atoms with Crippen LogP contribution < -0.4 is 9.62 Å². The van der Waals surface area contributed by atoms with E-state index in [1.54, 1.807) is 13.0 Å². The fraction of sp³-hybridized carbons (Fsp3) is 0.481. The van der Waals surface area contributed by atoms with Crippen molar-refractivity contribution in [1.29, 1.82) is 0 Å². The number of hydrogen-bond acceptors (Lipinski definition) is 4. The molecule has 0 heterocycles. The van der Waals surface area contributed by atoms with Gasteiger partial charge in [-0.2, -0.15) is 12.7 Å². The Balaban J connectivity index is 2.45. The average Bonchev–Trinajstić information content (AvgIpc) is 2.78. The standard InChI is InChI=1S/C27H40N4O4S/c1-20-14-15-21(2)24(18-20)31(36(34,35)29(7)8)19-25(32)30(17-16-23-12-10-9-11-13-23)22(3)26(33)28-27(4,5)6/h9-15,18,22H,16-17,19H2,1-8H3,(H,28,33)/t22-/m1/s1. The summed E-state index contributed by atoms with van der Waals surface area (Å²) in [5.41, 5.74) is 2.59. The topological polar surface area (TPSA) is 90.0 Å². The van der Waals surface area contributed by atoms with Gasteiger partial charge in [-0.1, -0.05) is 42.5 Å². The molecular weight excluding hydrogens is 476 g/mol. The minimum absolute atomic E-state index is 0.268. The first-order chi connectivity index (χ1) is 16.6. The predicted molar refractivity (Wildman–Crippen MR) is 145 cm³/mol. The van der Waals surface area contributed by atoms with Crippen molar-refractivity contribution in [3.8, 4) is 0 Å². The highest BCUT2D eigenvalue weighted by molar-refractivity contribution is 7.90. The number of carbonyl (C=O) groups is 2. The fourth-order valence-corrected chi connectivity index (χ4v) is 4.85. The third-order valence-electron chi connectivity index (χ3n) is 5.80. The van der Waals surface area contributed by atoms with Gasteiger partial charge in [0.2, 0.25) is 11.8 Å². The molecule has 1 N–H and O–H groups in total. The Hall–Kier alpha value is -2.91. The highest BCUT2D eigenvalue weighted by Crippen LogP contribution is 2.25. The van der Waals surface area contributed by atoms with E-state index in [4.69, 9.17) is 0 Å². The second-order valence-corrected chi connectivity index (χ2v) is 12.4. The van der Waals surface area contributed by atoms with Crippen molar-refractivity contribution in [3.05, 3.63) is 65.2 Å². The van der Waals surface area contributed by atoms with Gasteiger partial charge >= 0.3 is 10.2 Å². The van der Waals surface area contributed by atoms with Crippen molar-refractivity contribution in [2.45, 2.75) is 59.5 Å². The Morgan fingerprint density at radius 2 is 1.61 bits per heavy atom. The molecule has 0 aromatic heterocycles. The highest BCUT2D eigenvalue weighted by atomic mass is 32.2. The summed E-state index contributed by atoms with van der Waals surface area (Å²) < 4.78 is 28.9. The molecule has 0 aliphatic carbocycles. The highest BCUT2D eigenvalue weighted by Gasteiger charge is 2.33. The van der Waals surface area contributed by atoms with Crippen molar-refractivity contribution in [1.82, 2.24) is 14.5 Å². The number of benzene rings is 2. The summed E-state index contributed by atoms with van der Waals surface area (Å²) in [6, 6.07) is 14.4. The Kier molecular flexibility index (Phi) is 9.68. The molecule has 0 saturated carbocycles. The fourth-order valence-electron chi connectivity index (χ4n) is 3.73. The molecule has 0 unspecified atom stereocenters. The number of amides is 2. The first-order valence-corrected chi connectivity index (χ1v) is 13.5. The maximum absolute atomic E-state index is 13.7. The van der Waals surface area contributed by atoms with Gasteiger partial charge in [0.05, 0.1) is 5.69 Å². The molecule has 0 radical (unpaired) electrons. The number of nitrogens with zero attached hydrogens (tertiary/aromatic N) is 3. The average molecular weight is 517 g/mol. The second-order valence-electron chi connectivity index (χ2n) is 10.3. The summed E-state index contributed by atoms with van der Waals surface area (Å²) in [6.07, 6.45) is 0.531. The summed E-state index contributed by atoms with van der Waals surface area (Å²) in [7, 11) is -1.11. The third kappa shape index (κ3) is 7.80. The first kappa shape index (κ1) is 29.3. The molecule has 9 heteroatoms. The SMILES string of the molecule is Cc1ccc(C)c(N(CC(=O)N(CCc2ccccc2)[C@H](C)C(=O)NC(C)(C)C)S(=O)(=O)N(C)C)c1. The van der Waals surface area contributed by atoms with Gasteiger partial charge in [0.15, 0.2) is 0 Å². The zero-order valence-corrected chi connectivity index (χ0v) is 23.5. The maximum atomic E-state index is 13.7. The first-order valence-electron chi connectivity index (χ1n) is 12.1. The van der Waals surface area contributed by atoms with Crippen LogP contribution in [0, 0.1) is 13.8 Å². The number of aryl methyl sites for hydroxylation is 2. The van der Waals surface area contributed by atoms with Crippen LogP contribution in [0.15, 0.2) is 48.5 Å². The Morgan fingerprint density at radius 3 is 2.17 bits per heavy atom. The minimum atomic E-state index is -3.98. The molecule has 8 nitrogen and oxygen atoms in total. The lowest BCUT2D eigenvalue weighted by molar-refractivity contribution is -0.139. The van der Waals surface area contributed by atoms with E-state index in [0.29, 0.717) is 12.1 Å². The van der Waals surface area contributed by atoms with E-state index in [1.807, 2.05) is 77.1 Å². The number of hydrogen-bond donors (Lipinski definition) is 1. The van der Waals surface area contributed by atoms with Crippen molar-refractivity contribution >= 4 is 27.7 Å². The molecule has 0 aliphatic heterocycles. The number of anilines is 1. The lowest BCUT2D eigenvalue weighted by Crippen LogP contribution is -2.55. The molecule has 0 saturated heterocycles. The Labute approximate surface area is 216 Å². The third-order valence-corrected chi connectivity index (χ3v) is 7.61.